The van der Waals surface area contributed by atoms with Crippen LogP contribution in [0.3, 0.4) is 0 Å². The second kappa shape index (κ2) is 11.0. The third-order valence-corrected chi connectivity index (χ3v) is 11.4. The smallest absolute Gasteiger partial charge is 0.252 e. The van der Waals surface area contributed by atoms with Gasteiger partial charge in [-0.15, -0.1) is 0 Å². The molecule has 5 heteroatoms. The molecule has 0 fully saturated rings. The normalized spacial score (nSPS) is 13.3. The van der Waals surface area contributed by atoms with Crippen molar-refractivity contribution in [2.24, 2.45) is 0 Å². The molecule has 4 nitrogen and oxygen atoms in total. The molecule has 0 saturated carbocycles. The Labute approximate surface area is 313 Å². The first-order valence-electron chi connectivity index (χ1n) is 18.5. The van der Waals surface area contributed by atoms with E-state index in [2.05, 4.69) is 174 Å². The molecule has 0 radical (unpaired) electrons. The number of aryl methyl sites for hydroxylation is 1. The highest BCUT2D eigenvalue weighted by atomic mass is 16.5. The number of hydrogen-bond donors (Lipinski definition) is 0. The highest BCUT2D eigenvalue weighted by Crippen LogP contribution is 2.53. The summed E-state index contributed by atoms with van der Waals surface area (Å²) in [6, 6.07) is 61.3. The van der Waals surface area contributed by atoms with E-state index in [0.29, 0.717) is 0 Å². The quantitative estimate of drug-likeness (QED) is 0.173. The second-order valence-electron chi connectivity index (χ2n) is 14.6. The van der Waals surface area contributed by atoms with Gasteiger partial charge < -0.3 is 19.0 Å². The zero-order valence-corrected chi connectivity index (χ0v) is 29.5. The summed E-state index contributed by atoms with van der Waals surface area (Å²) in [4.78, 5) is 4.94. The van der Waals surface area contributed by atoms with Gasteiger partial charge in [0.1, 0.15) is 11.3 Å². The Kier molecular flexibility index (Phi) is 6.04. The number of fused-ring (bicyclic) bond motifs is 8. The number of nitrogens with zero attached hydrogens (tertiary/aromatic N) is 2. The lowest BCUT2D eigenvalue weighted by molar-refractivity contribution is 0.477. The zero-order chi connectivity index (χ0) is 35.5. The van der Waals surface area contributed by atoms with Crippen LogP contribution in [0.1, 0.15) is 5.56 Å². The largest absolute Gasteiger partial charge is 0.456 e. The second-order valence-corrected chi connectivity index (χ2v) is 14.6. The molecular weight excluding hydrogens is 659 g/mol. The minimum atomic E-state index is -0.0316. The predicted molar refractivity (Wildman–Crippen MR) is 223 cm³/mol. The van der Waals surface area contributed by atoms with Gasteiger partial charge in [-0.3, -0.25) is 0 Å². The standard InChI is InChI=1S/C49H31BN2O2/c1-30-18-22-37(23-19-30)51-41-26-32-20-21-34(47-29-33-12-5-7-15-44(33)53-47)24-35(32)25-39(41)50-38-13-9-17-46-49(38)52(40-14-6-8-16-45(40)54-46)43-28-36(27-42(51)48(43)50)31-10-3-2-4-11-31/h2-29H,1H3. The maximum atomic E-state index is 6.68. The lowest BCUT2D eigenvalue weighted by Gasteiger charge is -2.46. The summed E-state index contributed by atoms with van der Waals surface area (Å²) < 4.78 is 13.0. The van der Waals surface area contributed by atoms with E-state index in [9.17, 15) is 0 Å². The molecule has 0 N–H and O–H groups in total. The van der Waals surface area contributed by atoms with Gasteiger partial charge in [0.2, 0.25) is 0 Å². The van der Waals surface area contributed by atoms with E-state index in [1.54, 1.807) is 0 Å². The Bertz CT molecular complexity index is 2970. The van der Waals surface area contributed by atoms with Crippen molar-refractivity contribution in [1.29, 1.82) is 0 Å². The number of benzene rings is 8. The van der Waals surface area contributed by atoms with Crippen molar-refractivity contribution in [3.63, 3.8) is 0 Å². The van der Waals surface area contributed by atoms with E-state index >= 15 is 0 Å². The van der Waals surface area contributed by atoms with Crippen molar-refractivity contribution in [2.75, 3.05) is 9.80 Å². The molecule has 0 atom stereocenters. The fraction of sp³-hybridized carbons (Fsp3) is 0.0204. The molecule has 252 valence electrons. The summed E-state index contributed by atoms with van der Waals surface area (Å²) >= 11 is 0. The topological polar surface area (TPSA) is 28.9 Å². The van der Waals surface area contributed by atoms with Crippen LogP contribution in [-0.2, 0) is 0 Å². The van der Waals surface area contributed by atoms with Crippen LogP contribution in [0.4, 0.5) is 34.1 Å². The molecule has 0 saturated heterocycles. The molecule has 12 rings (SSSR count). The van der Waals surface area contributed by atoms with Crippen molar-refractivity contribution in [3.8, 4) is 33.9 Å². The molecule has 0 amide bonds. The molecular formula is C49H31BN2O2. The van der Waals surface area contributed by atoms with Gasteiger partial charge in [0, 0.05) is 33.7 Å². The number of hydrogen-bond acceptors (Lipinski definition) is 4. The fourth-order valence-electron chi connectivity index (χ4n) is 8.98. The van der Waals surface area contributed by atoms with E-state index in [-0.39, 0.29) is 6.71 Å². The summed E-state index contributed by atoms with van der Waals surface area (Å²) in [5.41, 5.74) is 16.2. The van der Waals surface area contributed by atoms with E-state index in [0.717, 1.165) is 50.9 Å². The van der Waals surface area contributed by atoms with Crippen molar-refractivity contribution in [2.45, 2.75) is 6.92 Å². The summed E-state index contributed by atoms with van der Waals surface area (Å²) in [6.45, 7) is 2.12. The number of ether oxygens (including phenoxy) is 1. The maximum absolute atomic E-state index is 6.68. The molecule has 0 spiro atoms. The van der Waals surface area contributed by atoms with Gasteiger partial charge in [-0.25, -0.2) is 0 Å². The average Bonchev–Trinajstić information content (AvgIpc) is 3.66. The third-order valence-electron chi connectivity index (χ3n) is 11.4. The summed E-state index contributed by atoms with van der Waals surface area (Å²) in [5.74, 6) is 2.61. The molecule has 0 bridgehead atoms. The lowest BCUT2D eigenvalue weighted by atomic mass is 9.33. The molecule has 3 aliphatic heterocycles. The van der Waals surface area contributed by atoms with Crippen molar-refractivity contribution in [3.05, 3.63) is 175 Å². The van der Waals surface area contributed by atoms with E-state index in [4.69, 9.17) is 9.15 Å². The predicted octanol–water partition coefficient (Wildman–Crippen LogP) is 11.4. The van der Waals surface area contributed by atoms with E-state index in [1.807, 2.05) is 12.1 Å². The highest BCUT2D eigenvalue weighted by Gasteiger charge is 2.46. The summed E-state index contributed by atoms with van der Waals surface area (Å²) in [5, 5.41) is 3.46. The van der Waals surface area contributed by atoms with Gasteiger partial charge in [0.25, 0.3) is 6.71 Å². The van der Waals surface area contributed by atoms with Crippen LogP contribution in [0.2, 0.25) is 0 Å². The molecule has 0 aliphatic carbocycles. The third kappa shape index (κ3) is 4.21. The Morgan fingerprint density at radius 3 is 2.11 bits per heavy atom. The average molecular weight is 691 g/mol. The molecule has 0 unspecified atom stereocenters. The van der Waals surface area contributed by atoms with E-state index in [1.165, 1.54) is 60.9 Å². The Morgan fingerprint density at radius 2 is 1.24 bits per heavy atom. The van der Waals surface area contributed by atoms with Gasteiger partial charge >= 0.3 is 0 Å². The van der Waals surface area contributed by atoms with Gasteiger partial charge in [-0.05, 0) is 112 Å². The molecule has 1 aromatic heterocycles. The van der Waals surface area contributed by atoms with Gasteiger partial charge in [0.05, 0.1) is 11.4 Å². The van der Waals surface area contributed by atoms with Gasteiger partial charge in [-0.2, -0.15) is 0 Å². The zero-order valence-electron chi connectivity index (χ0n) is 29.5. The van der Waals surface area contributed by atoms with Crippen LogP contribution in [0.25, 0.3) is 44.2 Å². The van der Waals surface area contributed by atoms with Crippen LogP contribution < -0.4 is 30.9 Å². The first-order valence-corrected chi connectivity index (χ1v) is 18.5. The number of furan rings is 1. The molecule has 8 aromatic carbocycles. The highest BCUT2D eigenvalue weighted by molar-refractivity contribution is 7.00. The lowest BCUT2D eigenvalue weighted by Crippen LogP contribution is -2.61. The van der Waals surface area contributed by atoms with Crippen molar-refractivity contribution < 1.29 is 9.15 Å². The Hall–Kier alpha value is -6.98. The van der Waals surface area contributed by atoms with Crippen LogP contribution in [-0.4, -0.2) is 6.71 Å². The number of para-hydroxylation sites is 4. The minimum Gasteiger partial charge on any atom is -0.456 e. The monoisotopic (exact) mass is 690 g/mol. The Morgan fingerprint density at radius 1 is 0.463 bits per heavy atom. The van der Waals surface area contributed by atoms with Crippen molar-refractivity contribution >= 4 is 79.0 Å². The molecule has 54 heavy (non-hydrogen) atoms. The fourth-order valence-corrected chi connectivity index (χ4v) is 8.98. The van der Waals surface area contributed by atoms with Crippen LogP contribution in [0, 0.1) is 6.92 Å². The van der Waals surface area contributed by atoms with Crippen molar-refractivity contribution in [1.82, 2.24) is 0 Å². The SMILES string of the molecule is Cc1ccc(N2c3cc4ccc(-c5cc6ccccc6o5)cc4cc3B3c4cccc5c4N(c4ccccc4O5)c4cc(-c5ccccc5)cc2c43)cc1. The Balaban J connectivity index is 1.17. The van der Waals surface area contributed by atoms with Gasteiger partial charge in [-0.1, -0.05) is 109 Å². The summed E-state index contributed by atoms with van der Waals surface area (Å²) in [7, 11) is 0. The summed E-state index contributed by atoms with van der Waals surface area (Å²) in [6.07, 6.45) is 0. The van der Waals surface area contributed by atoms with E-state index < -0.39 is 0 Å². The minimum absolute atomic E-state index is 0.0316. The van der Waals surface area contributed by atoms with Crippen LogP contribution in [0.5, 0.6) is 11.5 Å². The number of rotatable bonds is 3. The first kappa shape index (κ1) is 29.6. The molecule has 4 heterocycles. The van der Waals surface area contributed by atoms with Crippen LogP contribution >= 0.6 is 0 Å². The van der Waals surface area contributed by atoms with Crippen LogP contribution in [0.15, 0.2) is 174 Å². The maximum Gasteiger partial charge on any atom is 0.252 e. The number of anilines is 6. The molecule has 3 aliphatic rings. The first-order chi connectivity index (χ1) is 26.7. The van der Waals surface area contributed by atoms with Gasteiger partial charge in [0.15, 0.2) is 11.5 Å². The molecule has 9 aromatic rings.